The van der Waals surface area contributed by atoms with Crippen molar-refractivity contribution in [2.24, 2.45) is 5.92 Å². The zero-order chi connectivity index (χ0) is 15.4. The fourth-order valence-electron chi connectivity index (χ4n) is 4.37. The molecule has 3 unspecified atom stereocenters. The minimum atomic E-state index is 0.264. The van der Waals surface area contributed by atoms with E-state index >= 15 is 0 Å². The van der Waals surface area contributed by atoms with E-state index in [1.165, 1.54) is 21.9 Å². The minimum Gasteiger partial charge on any atom is -0.440 e. The minimum absolute atomic E-state index is 0.264. The van der Waals surface area contributed by atoms with Gasteiger partial charge in [0.1, 0.15) is 5.42 Å². The summed E-state index contributed by atoms with van der Waals surface area (Å²) >= 11 is 0. The van der Waals surface area contributed by atoms with Crippen molar-refractivity contribution in [2.45, 2.75) is 38.3 Å². The van der Waals surface area contributed by atoms with Crippen molar-refractivity contribution >= 4 is 23.6 Å². The van der Waals surface area contributed by atoms with E-state index < -0.39 is 0 Å². The topological polar surface area (TPSA) is 37.2 Å². The van der Waals surface area contributed by atoms with Crippen LogP contribution in [0.5, 0.6) is 0 Å². The van der Waals surface area contributed by atoms with Gasteiger partial charge in [-0.2, -0.15) is 0 Å². The van der Waals surface area contributed by atoms with E-state index in [4.69, 9.17) is 4.42 Å². The van der Waals surface area contributed by atoms with Gasteiger partial charge < -0.3 is 15.1 Å². The number of allylic oxidation sites excluding steroid dienone is 3. The van der Waals surface area contributed by atoms with Crippen LogP contribution in [0.15, 0.2) is 34.3 Å². The SMILES string of the molecule is CC1NCC2CC=c3c4c(oc3=C21)NC(C1=CC=CCC1)C=C4. The number of hydrogen-bond acceptors (Lipinski definition) is 3. The standard InChI is InChI=1S/C20H22N2O/c1-12-18-14(11-21-12)7-8-15-16-9-10-17(13-5-3-2-4-6-13)22-20(16)23-19(15)18/h2-3,5,8-10,12,14,17,21-22H,4,6-7,11H2,1H3. The monoisotopic (exact) mass is 306 g/mol. The highest BCUT2D eigenvalue weighted by Crippen LogP contribution is 2.30. The Morgan fingerprint density at radius 1 is 1.30 bits per heavy atom. The fraction of sp³-hybridized carbons (Fsp3) is 0.400. The third-order valence-electron chi connectivity index (χ3n) is 5.62. The highest BCUT2D eigenvalue weighted by molar-refractivity contribution is 5.72. The molecule has 5 rings (SSSR count). The Balaban J connectivity index is 1.61. The van der Waals surface area contributed by atoms with E-state index in [1.54, 1.807) is 0 Å². The van der Waals surface area contributed by atoms with Gasteiger partial charge in [-0.3, -0.25) is 0 Å². The summed E-state index contributed by atoms with van der Waals surface area (Å²) in [5.74, 6) is 1.55. The molecule has 1 fully saturated rings. The summed E-state index contributed by atoms with van der Waals surface area (Å²) in [6, 6.07) is 0.686. The Morgan fingerprint density at radius 3 is 3.13 bits per heavy atom. The Morgan fingerprint density at radius 2 is 2.26 bits per heavy atom. The van der Waals surface area contributed by atoms with E-state index in [9.17, 15) is 0 Å². The van der Waals surface area contributed by atoms with Gasteiger partial charge in [-0.1, -0.05) is 36.5 Å². The van der Waals surface area contributed by atoms with Crippen LogP contribution in [0.25, 0.3) is 17.7 Å². The Hall–Kier alpha value is -2.00. The molecule has 118 valence electrons. The predicted octanol–water partition coefficient (Wildman–Crippen LogP) is 2.31. The maximum absolute atomic E-state index is 6.32. The molecular weight excluding hydrogens is 284 g/mol. The molecule has 2 N–H and O–H groups in total. The van der Waals surface area contributed by atoms with Gasteiger partial charge in [0.05, 0.1) is 6.04 Å². The molecule has 23 heavy (non-hydrogen) atoms. The van der Waals surface area contributed by atoms with E-state index in [0.29, 0.717) is 12.0 Å². The van der Waals surface area contributed by atoms with Gasteiger partial charge in [-0.25, -0.2) is 0 Å². The van der Waals surface area contributed by atoms with Crippen molar-refractivity contribution < 1.29 is 4.42 Å². The highest BCUT2D eigenvalue weighted by atomic mass is 16.3. The molecule has 1 saturated heterocycles. The number of fused-ring (bicyclic) bond motifs is 4. The summed E-state index contributed by atoms with van der Waals surface area (Å²) in [6.45, 7) is 3.32. The molecule has 2 aliphatic carbocycles. The maximum atomic E-state index is 6.32. The first-order valence-corrected chi connectivity index (χ1v) is 8.72. The van der Waals surface area contributed by atoms with Crippen LogP contribution in [0, 0.1) is 5.92 Å². The van der Waals surface area contributed by atoms with Gasteiger partial charge >= 0.3 is 0 Å². The number of hydrogen-bond donors (Lipinski definition) is 2. The Bertz CT molecular complexity index is 868. The second-order valence-electron chi connectivity index (χ2n) is 7.00. The van der Waals surface area contributed by atoms with Crippen molar-refractivity contribution in [1.82, 2.24) is 5.32 Å². The van der Waals surface area contributed by atoms with Crippen LogP contribution in [-0.4, -0.2) is 18.6 Å². The number of furan rings is 1. The Kier molecular flexibility index (Phi) is 2.92. The first kappa shape index (κ1) is 13.4. The zero-order valence-electron chi connectivity index (χ0n) is 13.4. The quantitative estimate of drug-likeness (QED) is 0.836. The molecule has 0 bridgehead atoms. The smallest absolute Gasteiger partial charge is 0.202 e. The summed E-state index contributed by atoms with van der Waals surface area (Å²) in [5, 5.41) is 8.47. The van der Waals surface area contributed by atoms with Crippen LogP contribution in [-0.2, 0) is 0 Å². The molecule has 3 nitrogen and oxygen atoms in total. The van der Waals surface area contributed by atoms with Gasteiger partial charge in [-0.15, -0.1) is 0 Å². The molecule has 3 heteroatoms. The van der Waals surface area contributed by atoms with Crippen molar-refractivity contribution in [1.29, 1.82) is 0 Å². The molecule has 3 atom stereocenters. The lowest BCUT2D eigenvalue weighted by atomic mass is 9.90. The van der Waals surface area contributed by atoms with Gasteiger partial charge in [0, 0.05) is 29.3 Å². The van der Waals surface area contributed by atoms with Crippen LogP contribution >= 0.6 is 0 Å². The normalized spacial score (nSPS) is 30.9. The third kappa shape index (κ3) is 1.99. The van der Waals surface area contributed by atoms with Crippen LogP contribution in [0.1, 0.15) is 31.7 Å². The first-order chi connectivity index (χ1) is 11.3. The molecule has 1 aromatic heterocycles. The lowest BCUT2D eigenvalue weighted by molar-refractivity contribution is 0.526. The van der Waals surface area contributed by atoms with Crippen LogP contribution in [0.4, 0.5) is 5.88 Å². The van der Waals surface area contributed by atoms with E-state index in [1.807, 2.05) is 0 Å². The molecule has 0 amide bonds. The van der Waals surface area contributed by atoms with E-state index in [0.717, 1.165) is 37.1 Å². The molecule has 0 saturated carbocycles. The molecule has 0 radical (unpaired) electrons. The maximum Gasteiger partial charge on any atom is 0.202 e. The van der Waals surface area contributed by atoms with Crippen LogP contribution < -0.4 is 21.3 Å². The van der Waals surface area contributed by atoms with E-state index in [-0.39, 0.29) is 6.04 Å². The molecule has 4 aliphatic rings. The number of nitrogens with one attached hydrogen (secondary N) is 2. The van der Waals surface area contributed by atoms with Gasteiger partial charge in [0.2, 0.25) is 5.88 Å². The number of anilines is 1. The molecular formula is C20H22N2O. The first-order valence-electron chi connectivity index (χ1n) is 8.72. The Labute approximate surface area is 136 Å². The highest BCUT2D eigenvalue weighted by Gasteiger charge is 2.32. The van der Waals surface area contributed by atoms with Gasteiger partial charge in [0.25, 0.3) is 0 Å². The van der Waals surface area contributed by atoms with Crippen molar-refractivity contribution in [3.63, 3.8) is 0 Å². The van der Waals surface area contributed by atoms with E-state index in [2.05, 4.69) is 54.0 Å². The average molecular weight is 306 g/mol. The molecule has 0 spiro atoms. The summed E-state index contributed by atoms with van der Waals surface area (Å²) in [7, 11) is 0. The second kappa shape index (κ2) is 5.00. The van der Waals surface area contributed by atoms with Gasteiger partial charge in [0.15, 0.2) is 0 Å². The van der Waals surface area contributed by atoms with Crippen molar-refractivity contribution in [2.75, 3.05) is 11.9 Å². The molecule has 1 aromatic rings. The number of rotatable bonds is 1. The van der Waals surface area contributed by atoms with Gasteiger partial charge in [-0.05, 0) is 37.3 Å². The predicted molar refractivity (Wildman–Crippen MR) is 94.3 cm³/mol. The molecule has 3 heterocycles. The van der Waals surface area contributed by atoms with Crippen LogP contribution in [0.3, 0.4) is 0 Å². The lowest BCUT2D eigenvalue weighted by Crippen LogP contribution is -2.33. The van der Waals surface area contributed by atoms with Crippen molar-refractivity contribution in [3.8, 4) is 0 Å². The third-order valence-corrected chi connectivity index (χ3v) is 5.62. The second-order valence-corrected chi connectivity index (χ2v) is 7.00. The van der Waals surface area contributed by atoms with Crippen molar-refractivity contribution in [3.05, 3.63) is 46.1 Å². The summed E-state index contributed by atoms with van der Waals surface area (Å²) in [6.07, 6.45) is 16.9. The summed E-state index contributed by atoms with van der Waals surface area (Å²) in [5.41, 5.74) is 5.24. The average Bonchev–Trinajstić information content (AvgIpc) is 3.15. The van der Waals surface area contributed by atoms with Crippen LogP contribution in [0.2, 0.25) is 0 Å². The summed E-state index contributed by atoms with van der Waals surface area (Å²) in [4.78, 5) is 0. The lowest BCUT2D eigenvalue weighted by Gasteiger charge is -2.22. The molecule has 2 aliphatic heterocycles. The summed E-state index contributed by atoms with van der Waals surface area (Å²) < 4.78 is 6.32. The largest absolute Gasteiger partial charge is 0.440 e. The zero-order valence-corrected chi connectivity index (χ0v) is 13.4. The molecule has 0 aromatic carbocycles. The fourth-order valence-corrected chi connectivity index (χ4v) is 4.37.